The molecule has 2 fully saturated rings. The van der Waals surface area contributed by atoms with E-state index in [0.29, 0.717) is 13.1 Å². The average Bonchev–Trinajstić information content (AvgIpc) is 2.93. The molecule has 2 heterocycles. The minimum Gasteiger partial charge on any atom is -0.507 e. The van der Waals surface area contributed by atoms with Gasteiger partial charge in [0, 0.05) is 74.0 Å². The Kier molecular flexibility index (Phi) is 10.8. The van der Waals surface area contributed by atoms with Gasteiger partial charge in [-0.2, -0.15) is 0 Å². The van der Waals surface area contributed by atoms with Crippen LogP contribution in [0.2, 0.25) is 0 Å². The quantitative estimate of drug-likeness (QED) is 0.325. The van der Waals surface area contributed by atoms with Gasteiger partial charge in [-0.15, -0.1) is 0 Å². The second-order valence-electron chi connectivity index (χ2n) is 13.5. The zero-order chi connectivity index (χ0) is 30.3. The molecule has 2 aliphatic rings. The number of hydrogen-bond acceptors (Lipinski definition) is 8. The molecule has 4 rings (SSSR count). The van der Waals surface area contributed by atoms with E-state index in [4.69, 9.17) is 9.47 Å². The second kappa shape index (κ2) is 14.1. The summed E-state index contributed by atoms with van der Waals surface area (Å²) in [5.74, 6) is 0.578. The van der Waals surface area contributed by atoms with E-state index in [1.807, 2.05) is 12.1 Å². The van der Waals surface area contributed by atoms with Gasteiger partial charge in [0.15, 0.2) is 0 Å². The molecule has 0 amide bonds. The summed E-state index contributed by atoms with van der Waals surface area (Å²) >= 11 is 0. The van der Waals surface area contributed by atoms with Crippen LogP contribution in [0.4, 0.5) is 0 Å². The molecule has 0 bridgehead atoms. The standard InChI is InChI=1S/C34H50N4O4/c1-33(2,3)29-19-25(23-37-9-13-41-14-10-37)17-27(31(29)39)21-35-7-8-36-22-28-18-26(24-38-11-15-42-16-12-38)20-30(32(28)40)34(4,5)6/h17-22,39-40H,7-16,23-24H2,1-6H3. The Morgan fingerprint density at radius 1 is 0.643 bits per heavy atom. The Labute approximate surface area is 252 Å². The Morgan fingerprint density at radius 2 is 1.00 bits per heavy atom. The Morgan fingerprint density at radius 3 is 1.33 bits per heavy atom. The maximum atomic E-state index is 11.1. The lowest BCUT2D eigenvalue weighted by Crippen LogP contribution is -2.35. The van der Waals surface area contributed by atoms with E-state index in [9.17, 15) is 10.2 Å². The molecule has 2 aromatic carbocycles. The number of ether oxygens (including phenoxy) is 2. The summed E-state index contributed by atoms with van der Waals surface area (Å²) in [4.78, 5) is 14.0. The number of hydrogen-bond donors (Lipinski definition) is 2. The van der Waals surface area contributed by atoms with E-state index in [1.165, 1.54) is 11.1 Å². The second-order valence-corrected chi connectivity index (χ2v) is 13.5. The number of nitrogens with zero attached hydrogens (tertiary/aromatic N) is 4. The fraction of sp³-hybridized carbons (Fsp3) is 0.588. The van der Waals surface area contributed by atoms with Crippen molar-refractivity contribution in [3.63, 3.8) is 0 Å². The number of aromatic hydroxyl groups is 2. The molecule has 2 saturated heterocycles. The van der Waals surface area contributed by atoms with Crippen molar-refractivity contribution in [3.05, 3.63) is 57.6 Å². The van der Waals surface area contributed by atoms with E-state index in [1.54, 1.807) is 12.4 Å². The van der Waals surface area contributed by atoms with Crippen LogP contribution in [-0.2, 0) is 33.4 Å². The molecule has 0 saturated carbocycles. The molecule has 0 atom stereocenters. The van der Waals surface area contributed by atoms with Crippen molar-refractivity contribution in [1.82, 2.24) is 9.80 Å². The van der Waals surface area contributed by atoms with E-state index < -0.39 is 0 Å². The molecule has 230 valence electrons. The lowest BCUT2D eigenvalue weighted by Gasteiger charge is -2.28. The highest BCUT2D eigenvalue weighted by atomic mass is 16.5. The van der Waals surface area contributed by atoms with Gasteiger partial charge in [0.2, 0.25) is 0 Å². The SMILES string of the molecule is CC(C)(C)c1cc(CN2CCOCC2)cc(C=NCCN=Cc2cc(CN3CCOCC3)cc(C(C)(C)C)c2O)c1O. The molecule has 2 aromatic rings. The van der Waals surface area contributed by atoms with E-state index in [0.717, 1.165) is 87.9 Å². The molecule has 0 spiro atoms. The highest BCUT2D eigenvalue weighted by molar-refractivity contribution is 5.85. The molecular weight excluding hydrogens is 528 g/mol. The number of phenols is 2. The maximum Gasteiger partial charge on any atom is 0.128 e. The normalized spacial score (nSPS) is 18.0. The molecule has 42 heavy (non-hydrogen) atoms. The fourth-order valence-electron chi connectivity index (χ4n) is 5.44. The van der Waals surface area contributed by atoms with Crippen LogP contribution in [0.3, 0.4) is 0 Å². The third-order valence-corrected chi connectivity index (χ3v) is 7.85. The Balaban J connectivity index is 1.45. The summed E-state index contributed by atoms with van der Waals surface area (Å²) < 4.78 is 11.0. The zero-order valence-corrected chi connectivity index (χ0v) is 26.4. The zero-order valence-electron chi connectivity index (χ0n) is 26.4. The van der Waals surface area contributed by atoms with Gasteiger partial charge in [0.05, 0.1) is 39.5 Å². The lowest BCUT2D eigenvalue weighted by molar-refractivity contribution is 0.0341. The first kappa shape index (κ1) is 32.1. The molecule has 2 N–H and O–H groups in total. The monoisotopic (exact) mass is 578 g/mol. The number of rotatable bonds is 9. The molecule has 8 heteroatoms. The van der Waals surface area contributed by atoms with Gasteiger partial charge < -0.3 is 19.7 Å². The molecule has 0 unspecified atom stereocenters. The van der Waals surface area contributed by atoms with Crippen LogP contribution in [0.15, 0.2) is 34.3 Å². The van der Waals surface area contributed by atoms with Crippen molar-refractivity contribution in [3.8, 4) is 11.5 Å². The first-order valence-electron chi connectivity index (χ1n) is 15.2. The summed E-state index contributed by atoms with van der Waals surface area (Å²) in [6.45, 7) is 22.0. The van der Waals surface area contributed by atoms with Crippen LogP contribution in [0, 0.1) is 0 Å². The van der Waals surface area contributed by atoms with Gasteiger partial charge in [-0.3, -0.25) is 19.8 Å². The highest BCUT2D eigenvalue weighted by Gasteiger charge is 2.23. The van der Waals surface area contributed by atoms with Crippen molar-refractivity contribution in [1.29, 1.82) is 0 Å². The minimum absolute atomic E-state index is 0.192. The third-order valence-electron chi connectivity index (χ3n) is 7.85. The van der Waals surface area contributed by atoms with Crippen molar-refractivity contribution < 1.29 is 19.7 Å². The van der Waals surface area contributed by atoms with Crippen LogP contribution in [0.25, 0.3) is 0 Å². The van der Waals surface area contributed by atoms with Crippen molar-refractivity contribution in [2.45, 2.75) is 65.5 Å². The smallest absolute Gasteiger partial charge is 0.128 e. The van der Waals surface area contributed by atoms with E-state index >= 15 is 0 Å². The number of benzene rings is 2. The Hall–Kier alpha value is -2.78. The largest absolute Gasteiger partial charge is 0.507 e. The van der Waals surface area contributed by atoms with Crippen LogP contribution < -0.4 is 0 Å². The molecule has 2 aliphatic heterocycles. The number of phenolic OH excluding ortho intramolecular Hbond substituents is 2. The minimum atomic E-state index is -0.192. The summed E-state index contributed by atoms with van der Waals surface area (Å²) in [5, 5.41) is 22.2. The van der Waals surface area contributed by atoms with Crippen LogP contribution in [-0.4, -0.2) is 98.1 Å². The predicted molar refractivity (Wildman–Crippen MR) is 171 cm³/mol. The lowest BCUT2D eigenvalue weighted by atomic mass is 9.84. The van der Waals surface area contributed by atoms with Crippen molar-refractivity contribution in [2.75, 3.05) is 65.7 Å². The summed E-state index contributed by atoms with van der Waals surface area (Å²) in [7, 11) is 0. The van der Waals surface area contributed by atoms with Crippen LogP contribution >= 0.6 is 0 Å². The first-order chi connectivity index (χ1) is 19.9. The average molecular weight is 579 g/mol. The van der Waals surface area contributed by atoms with Crippen molar-refractivity contribution in [2.24, 2.45) is 9.98 Å². The molecular formula is C34H50N4O4. The Bertz CT molecular complexity index is 1150. The van der Waals surface area contributed by atoms with Gasteiger partial charge in [-0.25, -0.2) is 0 Å². The summed E-state index contributed by atoms with van der Waals surface area (Å²) in [6.07, 6.45) is 3.53. The third kappa shape index (κ3) is 8.86. The van der Waals surface area contributed by atoms with Gasteiger partial charge >= 0.3 is 0 Å². The predicted octanol–water partition coefficient (Wildman–Crippen LogP) is 4.90. The molecule has 8 nitrogen and oxygen atoms in total. The fourth-order valence-corrected chi connectivity index (χ4v) is 5.44. The van der Waals surface area contributed by atoms with Gasteiger partial charge in [-0.05, 0) is 34.1 Å². The maximum absolute atomic E-state index is 11.1. The van der Waals surface area contributed by atoms with Gasteiger partial charge in [0.25, 0.3) is 0 Å². The summed E-state index contributed by atoms with van der Waals surface area (Å²) in [5.41, 5.74) is 5.27. The topological polar surface area (TPSA) is 90.1 Å². The van der Waals surface area contributed by atoms with Crippen LogP contribution in [0.1, 0.15) is 74.9 Å². The van der Waals surface area contributed by atoms with Gasteiger partial charge in [-0.1, -0.05) is 53.7 Å². The number of aliphatic imine (C=N–C) groups is 2. The van der Waals surface area contributed by atoms with Crippen LogP contribution in [0.5, 0.6) is 11.5 Å². The van der Waals surface area contributed by atoms with E-state index in [2.05, 4.69) is 73.5 Å². The molecule has 0 aromatic heterocycles. The first-order valence-corrected chi connectivity index (χ1v) is 15.2. The number of morpholine rings is 2. The molecule has 0 radical (unpaired) electrons. The van der Waals surface area contributed by atoms with Gasteiger partial charge in [0.1, 0.15) is 11.5 Å². The van der Waals surface area contributed by atoms with Crippen molar-refractivity contribution >= 4 is 12.4 Å². The highest BCUT2D eigenvalue weighted by Crippen LogP contribution is 2.35. The van der Waals surface area contributed by atoms with E-state index in [-0.39, 0.29) is 22.3 Å². The molecule has 0 aliphatic carbocycles. The summed E-state index contributed by atoms with van der Waals surface area (Å²) in [6, 6.07) is 8.33.